The maximum absolute atomic E-state index is 9.53. The van der Waals surface area contributed by atoms with Crippen LogP contribution < -0.4 is 29.9 Å². The van der Waals surface area contributed by atoms with Gasteiger partial charge in [0.05, 0.1) is 31.6 Å². The molecule has 0 spiro atoms. The van der Waals surface area contributed by atoms with Crippen molar-refractivity contribution in [1.82, 2.24) is 0 Å². The molecule has 12 nitrogen and oxygen atoms in total. The summed E-state index contributed by atoms with van der Waals surface area (Å²) in [6.07, 6.45) is 3.92. The Balaban J connectivity index is 0.000000669. The molecule has 0 saturated heterocycles. The first-order valence-corrected chi connectivity index (χ1v) is 11.8. The van der Waals surface area contributed by atoms with E-state index in [2.05, 4.69) is 19.2 Å². The van der Waals surface area contributed by atoms with Crippen LogP contribution in [-0.2, 0) is 19.2 Å². The van der Waals surface area contributed by atoms with Gasteiger partial charge in [-0.15, -0.1) is 0 Å². The number of ether oxygens (including phenoxy) is 2. The summed E-state index contributed by atoms with van der Waals surface area (Å²) in [7, 11) is 0. The number of fused-ring (bicyclic) bond motifs is 1. The molecule has 0 amide bonds. The van der Waals surface area contributed by atoms with Crippen molar-refractivity contribution in [3.05, 3.63) is 48.6 Å². The third-order valence-electron chi connectivity index (χ3n) is 4.97. The van der Waals surface area contributed by atoms with Gasteiger partial charge in [-0.3, -0.25) is 0 Å². The minimum atomic E-state index is -1.51. The van der Waals surface area contributed by atoms with E-state index < -0.39 is 29.7 Å². The van der Waals surface area contributed by atoms with Gasteiger partial charge in [-0.2, -0.15) is 0 Å². The third kappa shape index (κ3) is 17.2. The third-order valence-corrected chi connectivity index (χ3v) is 4.97. The summed E-state index contributed by atoms with van der Waals surface area (Å²) < 4.78 is 11.9. The van der Waals surface area contributed by atoms with Crippen molar-refractivity contribution in [2.45, 2.75) is 39.4 Å². The van der Waals surface area contributed by atoms with Gasteiger partial charge in [0.15, 0.2) is 11.5 Å². The SMILES string of the molecule is CC[NH+](CC)CC[NH2+]CCCC1(C)Oc2ccccc2O1.O=C([O-])/C=C\C(=O)O.O=C([O-])/C=C\C(=O)O. The Bertz CT molecular complexity index is 835. The van der Waals surface area contributed by atoms with Crippen LogP contribution in [0, 0.1) is 0 Å². The molecule has 1 aromatic carbocycles. The van der Waals surface area contributed by atoms with Crippen LogP contribution in [0.1, 0.15) is 33.6 Å². The predicted molar refractivity (Wildman–Crippen MR) is 127 cm³/mol. The Kier molecular flexibility index (Phi) is 16.4. The van der Waals surface area contributed by atoms with Gasteiger partial charge in [0.25, 0.3) is 0 Å². The van der Waals surface area contributed by atoms with Gasteiger partial charge in [0.2, 0.25) is 5.79 Å². The highest BCUT2D eigenvalue weighted by Gasteiger charge is 2.35. The summed E-state index contributed by atoms with van der Waals surface area (Å²) in [5.74, 6) is -4.35. The van der Waals surface area contributed by atoms with Gasteiger partial charge in [0, 0.05) is 31.9 Å². The number of hydrogen-bond donors (Lipinski definition) is 4. The number of carbonyl (C=O) groups excluding carboxylic acids is 2. The first-order chi connectivity index (χ1) is 17.4. The van der Waals surface area contributed by atoms with Gasteiger partial charge in [0.1, 0.15) is 13.1 Å². The molecule has 0 aromatic heterocycles. The molecular weight excluding hydrogens is 488 g/mol. The number of benzene rings is 1. The van der Waals surface area contributed by atoms with E-state index in [1.54, 1.807) is 4.90 Å². The molecule has 1 aliphatic rings. The smallest absolute Gasteiger partial charge is 0.328 e. The number of nitrogens with two attached hydrogens (primary N) is 1. The van der Waals surface area contributed by atoms with E-state index in [4.69, 9.17) is 19.7 Å². The summed E-state index contributed by atoms with van der Waals surface area (Å²) in [6.45, 7) is 12.6. The fourth-order valence-corrected chi connectivity index (χ4v) is 3.11. The van der Waals surface area contributed by atoms with Crippen molar-refractivity contribution in [2.24, 2.45) is 0 Å². The lowest BCUT2D eigenvalue weighted by Gasteiger charge is -2.22. The monoisotopic (exact) mass is 524 g/mol. The first kappa shape index (κ1) is 33.1. The summed E-state index contributed by atoms with van der Waals surface area (Å²) in [5, 5.41) is 36.9. The van der Waals surface area contributed by atoms with Crippen molar-refractivity contribution < 1.29 is 59.3 Å². The summed E-state index contributed by atoms with van der Waals surface area (Å²) in [4.78, 5) is 39.6. The quantitative estimate of drug-likeness (QED) is 0.155. The topological polar surface area (TPSA) is 194 Å². The van der Waals surface area contributed by atoms with Crippen LogP contribution in [0.5, 0.6) is 11.5 Å². The maximum atomic E-state index is 9.53. The lowest BCUT2D eigenvalue weighted by Crippen LogP contribution is -3.14. The van der Waals surface area contributed by atoms with Crippen LogP contribution in [0.25, 0.3) is 0 Å². The van der Waals surface area contributed by atoms with Gasteiger partial charge in [-0.1, -0.05) is 12.1 Å². The van der Waals surface area contributed by atoms with Crippen LogP contribution in [0.3, 0.4) is 0 Å². The molecule has 0 fully saturated rings. The van der Waals surface area contributed by atoms with E-state index in [1.807, 2.05) is 31.2 Å². The number of hydrogen-bond acceptors (Lipinski definition) is 8. The highest BCUT2D eigenvalue weighted by molar-refractivity contribution is 5.89. The Morgan fingerprint density at radius 3 is 1.70 bits per heavy atom. The van der Waals surface area contributed by atoms with Crippen molar-refractivity contribution in [3.8, 4) is 11.5 Å². The number of aliphatic carboxylic acids is 4. The number of carbonyl (C=O) groups is 4. The second-order valence-corrected chi connectivity index (χ2v) is 7.94. The number of quaternary nitrogens is 2. The molecule has 0 saturated carbocycles. The molecule has 0 atom stereocenters. The summed E-state index contributed by atoms with van der Waals surface area (Å²) in [5.41, 5.74) is 0. The largest absolute Gasteiger partial charge is 0.545 e. The van der Waals surface area contributed by atoms with Gasteiger partial charge in [-0.25, -0.2) is 9.59 Å². The van der Waals surface area contributed by atoms with E-state index in [9.17, 15) is 29.4 Å². The fraction of sp³-hybridized carbons (Fsp3) is 0.440. The number of carboxylic acid groups (broad SMARTS) is 4. The molecule has 0 aliphatic carbocycles. The van der Waals surface area contributed by atoms with Crippen molar-refractivity contribution in [3.63, 3.8) is 0 Å². The van der Waals surface area contributed by atoms with Crippen LogP contribution >= 0.6 is 0 Å². The van der Waals surface area contributed by atoms with Crippen molar-refractivity contribution in [2.75, 3.05) is 32.7 Å². The second kappa shape index (κ2) is 18.4. The number of rotatable bonds is 13. The van der Waals surface area contributed by atoms with E-state index >= 15 is 0 Å². The van der Waals surface area contributed by atoms with Gasteiger partial charge in [-0.05, 0) is 38.1 Å². The molecule has 5 N–H and O–H groups in total. The Labute approximate surface area is 215 Å². The Morgan fingerprint density at radius 2 is 1.35 bits per heavy atom. The average Bonchev–Trinajstić information content (AvgIpc) is 3.18. The molecule has 2 rings (SSSR count). The highest BCUT2D eigenvalue weighted by atomic mass is 16.7. The number of nitrogens with one attached hydrogen (secondary N) is 1. The molecule has 0 bridgehead atoms. The van der Waals surface area contributed by atoms with Crippen LogP contribution in [0.2, 0.25) is 0 Å². The van der Waals surface area contributed by atoms with Crippen LogP contribution in [-0.4, -0.2) is 72.6 Å². The van der Waals surface area contributed by atoms with Gasteiger partial charge >= 0.3 is 11.9 Å². The molecular formula is C25H36N2O10. The van der Waals surface area contributed by atoms with E-state index in [0.717, 1.165) is 30.9 Å². The Hall–Kier alpha value is -3.90. The highest BCUT2D eigenvalue weighted by Crippen LogP contribution is 2.40. The van der Waals surface area contributed by atoms with Crippen LogP contribution in [0.15, 0.2) is 48.6 Å². The lowest BCUT2D eigenvalue weighted by molar-refractivity contribution is -0.909. The minimum Gasteiger partial charge on any atom is -0.545 e. The van der Waals surface area contributed by atoms with Crippen molar-refractivity contribution >= 4 is 23.9 Å². The van der Waals surface area contributed by atoms with E-state index in [1.165, 1.54) is 26.2 Å². The van der Waals surface area contributed by atoms with E-state index in [0.29, 0.717) is 24.3 Å². The van der Waals surface area contributed by atoms with Crippen molar-refractivity contribution in [1.29, 1.82) is 0 Å². The molecule has 0 unspecified atom stereocenters. The lowest BCUT2D eigenvalue weighted by atomic mass is 10.1. The zero-order valence-electron chi connectivity index (χ0n) is 21.3. The zero-order valence-corrected chi connectivity index (χ0v) is 21.3. The van der Waals surface area contributed by atoms with Gasteiger partial charge < -0.3 is 49.7 Å². The standard InChI is InChI=1S/C17H28N2O2.2C4H4O4/c1-4-19(5-2)14-13-18-12-8-11-17(3)20-15-9-6-7-10-16(15)21-17;2*5-3(6)1-2-4(7)8/h6-7,9-10,18H,4-5,8,11-14H2,1-3H3;2*1-2H,(H,5,6)(H,7,8)/b;2*2-1-. The van der Waals surface area contributed by atoms with Crippen LogP contribution in [0.4, 0.5) is 0 Å². The normalized spacial score (nSPS) is 13.0. The predicted octanol–water partition coefficient (Wildman–Crippen LogP) is -2.80. The molecule has 1 aliphatic heterocycles. The molecule has 206 valence electrons. The second-order valence-electron chi connectivity index (χ2n) is 7.94. The summed E-state index contributed by atoms with van der Waals surface area (Å²) >= 11 is 0. The zero-order chi connectivity index (χ0) is 28.3. The first-order valence-electron chi connectivity index (χ1n) is 11.8. The molecule has 37 heavy (non-hydrogen) atoms. The number of carboxylic acids is 4. The Morgan fingerprint density at radius 1 is 0.892 bits per heavy atom. The maximum Gasteiger partial charge on any atom is 0.328 e. The molecule has 1 heterocycles. The molecule has 0 radical (unpaired) electrons. The number of para-hydroxylation sites is 2. The summed E-state index contributed by atoms with van der Waals surface area (Å²) in [6, 6.07) is 7.91. The fourth-order valence-electron chi connectivity index (χ4n) is 3.11. The average molecular weight is 525 g/mol. The molecule has 12 heteroatoms. The number of likely N-dealkylation sites (N-methyl/N-ethyl adjacent to an activating group) is 1. The van der Waals surface area contributed by atoms with E-state index in [-0.39, 0.29) is 0 Å². The minimum absolute atomic E-state index is 0.447. The molecule has 1 aromatic rings.